The third-order valence-corrected chi connectivity index (χ3v) is 4.89. The molecule has 0 unspecified atom stereocenters. The van der Waals surface area contributed by atoms with Gasteiger partial charge in [0.25, 0.3) is 0 Å². The second kappa shape index (κ2) is 22.8. The van der Waals surface area contributed by atoms with Crippen LogP contribution in [0.1, 0.15) is 110 Å². The highest BCUT2D eigenvalue weighted by atomic mass is 35.5. The van der Waals surface area contributed by atoms with Crippen molar-refractivity contribution >= 4 is 18.3 Å². The summed E-state index contributed by atoms with van der Waals surface area (Å²) in [5.41, 5.74) is 0. The Morgan fingerprint density at radius 3 is 1.46 bits per heavy atom. The molecule has 0 saturated carbocycles. The van der Waals surface area contributed by atoms with Crippen molar-refractivity contribution in [1.82, 2.24) is 10.2 Å². The first kappa shape index (κ1) is 27.9. The van der Waals surface area contributed by atoms with Gasteiger partial charge in [-0.15, -0.1) is 12.4 Å². The first-order valence-corrected chi connectivity index (χ1v) is 11.1. The Morgan fingerprint density at radius 2 is 1.08 bits per heavy atom. The SMILES string of the molecule is CCCCCCCCCCCCCCCCCC(=O)NCCN(C)C.Cl. The van der Waals surface area contributed by atoms with Crippen molar-refractivity contribution < 1.29 is 4.79 Å². The van der Waals surface area contributed by atoms with Crippen LogP contribution in [0.4, 0.5) is 0 Å². The van der Waals surface area contributed by atoms with Crippen molar-refractivity contribution in [2.75, 3.05) is 27.2 Å². The molecular weight excluding hydrogens is 344 g/mol. The largest absolute Gasteiger partial charge is 0.355 e. The van der Waals surface area contributed by atoms with Gasteiger partial charge in [-0.05, 0) is 20.5 Å². The fourth-order valence-corrected chi connectivity index (χ4v) is 3.16. The maximum atomic E-state index is 11.6. The summed E-state index contributed by atoms with van der Waals surface area (Å²) >= 11 is 0. The smallest absolute Gasteiger partial charge is 0.220 e. The molecule has 0 aliphatic heterocycles. The normalized spacial score (nSPS) is 10.8. The zero-order valence-corrected chi connectivity index (χ0v) is 18.8. The second-order valence-corrected chi connectivity index (χ2v) is 7.85. The summed E-state index contributed by atoms with van der Waals surface area (Å²) in [4.78, 5) is 13.7. The number of amides is 1. The number of rotatable bonds is 19. The summed E-state index contributed by atoms with van der Waals surface area (Å²) < 4.78 is 0. The quantitative estimate of drug-likeness (QED) is 0.261. The minimum Gasteiger partial charge on any atom is -0.355 e. The van der Waals surface area contributed by atoms with Crippen LogP contribution in [0.15, 0.2) is 0 Å². The van der Waals surface area contributed by atoms with E-state index in [-0.39, 0.29) is 18.3 Å². The van der Waals surface area contributed by atoms with Gasteiger partial charge in [-0.25, -0.2) is 0 Å². The van der Waals surface area contributed by atoms with Crippen molar-refractivity contribution in [3.63, 3.8) is 0 Å². The number of nitrogens with zero attached hydrogens (tertiary/aromatic N) is 1. The van der Waals surface area contributed by atoms with E-state index < -0.39 is 0 Å². The van der Waals surface area contributed by atoms with E-state index in [2.05, 4.69) is 17.1 Å². The van der Waals surface area contributed by atoms with E-state index in [4.69, 9.17) is 0 Å². The molecule has 4 heteroatoms. The van der Waals surface area contributed by atoms with E-state index in [1.165, 1.54) is 89.9 Å². The predicted molar refractivity (Wildman–Crippen MR) is 118 cm³/mol. The molecule has 1 N–H and O–H groups in total. The van der Waals surface area contributed by atoms with Crippen molar-refractivity contribution in [3.8, 4) is 0 Å². The molecule has 0 saturated heterocycles. The van der Waals surface area contributed by atoms with Gasteiger partial charge in [0, 0.05) is 19.5 Å². The third kappa shape index (κ3) is 23.7. The van der Waals surface area contributed by atoms with Crippen LogP contribution in [0.5, 0.6) is 0 Å². The van der Waals surface area contributed by atoms with E-state index in [0.29, 0.717) is 6.42 Å². The van der Waals surface area contributed by atoms with Gasteiger partial charge < -0.3 is 10.2 Å². The van der Waals surface area contributed by atoms with Crippen LogP contribution in [0, 0.1) is 0 Å². The summed E-state index contributed by atoms with van der Waals surface area (Å²) in [6.45, 7) is 3.97. The Labute approximate surface area is 170 Å². The van der Waals surface area contributed by atoms with Crippen LogP contribution in [0.3, 0.4) is 0 Å². The first-order valence-electron chi connectivity index (χ1n) is 11.1. The van der Waals surface area contributed by atoms with Gasteiger partial charge in [-0.3, -0.25) is 4.79 Å². The number of unbranched alkanes of at least 4 members (excludes halogenated alkanes) is 14. The number of hydrogen-bond acceptors (Lipinski definition) is 2. The Hall–Kier alpha value is -0.280. The van der Waals surface area contributed by atoms with Gasteiger partial charge in [0.15, 0.2) is 0 Å². The third-order valence-electron chi connectivity index (χ3n) is 4.89. The zero-order chi connectivity index (χ0) is 18.6. The maximum Gasteiger partial charge on any atom is 0.220 e. The van der Waals surface area contributed by atoms with Gasteiger partial charge in [0.05, 0.1) is 0 Å². The van der Waals surface area contributed by atoms with Crippen LogP contribution in [-0.4, -0.2) is 38.0 Å². The molecule has 0 aromatic rings. The average Bonchev–Trinajstić information content (AvgIpc) is 2.58. The summed E-state index contributed by atoms with van der Waals surface area (Å²) in [6.07, 6.45) is 21.2. The zero-order valence-electron chi connectivity index (χ0n) is 18.0. The molecule has 0 fully saturated rings. The van der Waals surface area contributed by atoms with E-state index in [9.17, 15) is 4.79 Å². The fourth-order valence-electron chi connectivity index (χ4n) is 3.16. The molecule has 1 amide bonds. The molecule has 0 radical (unpaired) electrons. The molecule has 0 aromatic heterocycles. The van der Waals surface area contributed by atoms with Crippen molar-refractivity contribution in [1.29, 1.82) is 0 Å². The van der Waals surface area contributed by atoms with E-state index in [1.807, 2.05) is 14.1 Å². The number of carbonyl (C=O) groups is 1. The number of nitrogens with one attached hydrogen (secondary N) is 1. The Kier molecular flexibility index (Phi) is 24.5. The molecule has 3 nitrogen and oxygen atoms in total. The van der Waals surface area contributed by atoms with Crippen LogP contribution in [-0.2, 0) is 4.79 Å². The van der Waals surface area contributed by atoms with Crippen LogP contribution < -0.4 is 5.32 Å². The highest BCUT2D eigenvalue weighted by Crippen LogP contribution is 2.13. The maximum absolute atomic E-state index is 11.6. The molecule has 0 bridgehead atoms. The number of carbonyl (C=O) groups excluding carboxylic acids is 1. The molecule has 0 spiro atoms. The summed E-state index contributed by atoms with van der Waals surface area (Å²) in [7, 11) is 4.06. The van der Waals surface area contributed by atoms with Gasteiger partial charge in [0.1, 0.15) is 0 Å². The molecule has 0 atom stereocenters. The lowest BCUT2D eigenvalue weighted by Gasteiger charge is -2.10. The predicted octanol–water partition coefficient (Wildman–Crippen LogP) is 6.35. The van der Waals surface area contributed by atoms with E-state index in [1.54, 1.807) is 0 Å². The van der Waals surface area contributed by atoms with Gasteiger partial charge in [-0.1, -0.05) is 96.8 Å². The molecule has 0 aliphatic rings. The molecule has 158 valence electrons. The number of halogens is 1. The van der Waals surface area contributed by atoms with Crippen molar-refractivity contribution in [3.05, 3.63) is 0 Å². The lowest BCUT2D eigenvalue weighted by molar-refractivity contribution is -0.121. The summed E-state index contributed by atoms with van der Waals surface area (Å²) in [6, 6.07) is 0. The summed E-state index contributed by atoms with van der Waals surface area (Å²) in [5.74, 6) is 0.219. The second-order valence-electron chi connectivity index (χ2n) is 7.85. The fraction of sp³-hybridized carbons (Fsp3) is 0.955. The van der Waals surface area contributed by atoms with Gasteiger partial charge in [0.2, 0.25) is 5.91 Å². The first-order chi connectivity index (χ1) is 12.2. The summed E-state index contributed by atoms with van der Waals surface area (Å²) in [5, 5.41) is 2.98. The number of hydrogen-bond donors (Lipinski definition) is 1. The van der Waals surface area contributed by atoms with Gasteiger partial charge >= 0.3 is 0 Å². The molecule has 0 heterocycles. The Bertz CT molecular complexity index is 285. The topological polar surface area (TPSA) is 32.3 Å². The minimum absolute atomic E-state index is 0. The minimum atomic E-state index is 0. The Morgan fingerprint density at radius 1 is 0.692 bits per heavy atom. The Balaban J connectivity index is 0. The average molecular weight is 391 g/mol. The van der Waals surface area contributed by atoms with E-state index in [0.717, 1.165) is 19.5 Å². The highest BCUT2D eigenvalue weighted by Gasteiger charge is 2.00. The number of likely N-dealkylation sites (N-methyl/N-ethyl adjacent to an activating group) is 1. The molecule has 26 heavy (non-hydrogen) atoms. The van der Waals surface area contributed by atoms with Crippen molar-refractivity contribution in [2.45, 2.75) is 110 Å². The lowest BCUT2D eigenvalue weighted by atomic mass is 10.0. The van der Waals surface area contributed by atoms with E-state index >= 15 is 0 Å². The van der Waals surface area contributed by atoms with Gasteiger partial charge in [-0.2, -0.15) is 0 Å². The lowest BCUT2D eigenvalue weighted by Crippen LogP contribution is -2.31. The molecule has 0 aliphatic carbocycles. The van der Waals surface area contributed by atoms with Crippen molar-refractivity contribution in [2.24, 2.45) is 0 Å². The molecule has 0 rings (SSSR count). The van der Waals surface area contributed by atoms with Crippen LogP contribution >= 0.6 is 12.4 Å². The monoisotopic (exact) mass is 390 g/mol. The highest BCUT2D eigenvalue weighted by molar-refractivity contribution is 5.85. The molecular formula is C22H47ClN2O. The van der Waals surface area contributed by atoms with Crippen LogP contribution in [0.25, 0.3) is 0 Å². The van der Waals surface area contributed by atoms with Crippen LogP contribution in [0.2, 0.25) is 0 Å². The standard InChI is InChI=1S/C22H46N2O.ClH/c1-4-5-6-7-8-9-10-11-12-13-14-15-16-17-18-19-22(25)23-20-21-24(2)3;/h4-21H2,1-3H3,(H,23,25);1H. The molecule has 0 aromatic carbocycles.